The summed E-state index contributed by atoms with van der Waals surface area (Å²) < 4.78 is 5.10. The van der Waals surface area contributed by atoms with Crippen LogP contribution < -0.4 is 5.32 Å². The first-order valence-corrected chi connectivity index (χ1v) is 4.14. The van der Waals surface area contributed by atoms with Gasteiger partial charge in [-0.2, -0.15) is 0 Å². The van der Waals surface area contributed by atoms with Crippen molar-refractivity contribution in [2.45, 2.75) is 6.04 Å². The van der Waals surface area contributed by atoms with Crippen LogP contribution in [0.3, 0.4) is 0 Å². The highest BCUT2D eigenvalue weighted by molar-refractivity contribution is 5.78. The number of nitrogens with zero attached hydrogens (tertiary/aromatic N) is 1. The predicted molar refractivity (Wildman–Crippen MR) is 45.9 cm³/mol. The summed E-state index contributed by atoms with van der Waals surface area (Å²) in [5, 5.41) is 2.81. The minimum atomic E-state index is -0.0950. The van der Waals surface area contributed by atoms with Crippen molar-refractivity contribution in [1.29, 1.82) is 0 Å². The normalized spacial score (nSPS) is 22.5. The van der Waals surface area contributed by atoms with E-state index in [1.54, 1.807) is 6.20 Å². The Morgan fingerprint density at radius 3 is 3.15 bits per heavy atom. The van der Waals surface area contributed by atoms with Gasteiger partial charge in [-0.3, -0.25) is 9.78 Å². The fourth-order valence-electron chi connectivity index (χ4n) is 1.29. The first-order valence-electron chi connectivity index (χ1n) is 4.14. The Kier molecular flexibility index (Phi) is 2.23. The Hall–Kier alpha value is -1.42. The molecular weight excluding hydrogens is 168 g/mol. The highest BCUT2D eigenvalue weighted by Crippen LogP contribution is 2.12. The minimum Gasteiger partial charge on any atom is -0.369 e. The molecule has 2 rings (SSSR count). The molecule has 4 heteroatoms. The zero-order valence-corrected chi connectivity index (χ0v) is 7.06. The minimum absolute atomic E-state index is 0.0816. The molecule has 1 aliphatic heterocycles. The van der Waals surface area contributed by atoms with E-state index in [0.29, 0.717) is 6.61 Å². The lowest BCUT2D eigenvalue weighted by Crippen LogP contribution is -2.40. The van der Waals surface area contributed by atoms with Gasteiger partial charge in [-0.05, 0) is 12.1 Å². The van der Waals surface area contributed by atoms with Gasteiger partial charge in [0.05, 0.1) is 18.3 Å². The lowest BCUT2D eigenvalue weighted by molar-refractivity contribution is -0.131. The van der Waals surface area contributed by atoms with E-state index in [-0.39, 0.29) is 18.6 Å². The third-order valence-electron chi connectivity index (χ3n) is 1.90. The molecule has 1 N–H and O–H groups in total. The summed E-state index contributed by atoms with van der Waals surface area (Å²) in [6.45, 7) is 0.659. The zero-order valence-electron chi connectivity index (χ0n) is 7.06. The molecule has 1 aliphatic rings. The number of hydrogen-bond donors (Lipinski definition) is 1. The molecule has 68 valence electrons. The van der Waals surface area contributed by atoms with Gasteiger partial charge in [0.1, 0.15) is 6.61 Å². The van der Waals surface area contributed by atoms with Gasteiger partial charge in [-0.15, -0.1) is 0 Å². The molecule has 0 radical (unpaired) electrons. The van der Waals surface area contributed by atoms with Crippen LogP contribution in [-0.2, 0) is 9.53 Å². The summed E-state index contributed by atoms with van der Waals surface area (Å²) in [6.07, 6.45) is 1.70. The monoisotopic (exact) mass is 178 g/mol. The van der Waals surface area contributed by atoms with Crippen molar-refractivity contribution in [2.24, 2.45) is 0 Å². The molecule has 0 saturated carbocycles. The van der Waals surface area contributed by atoms with Crippen LogP contribution in [-0.4, -0.2) is 24.1 Å². The molecule has 1 amide bonds. The number of ether oxygens (including phenoxy) is 1. The predicted octanol–water partition coefficient (Wildman–Crippen LogP) is 0.269. The number of pyridine rings is 1. The average molecular weight is 178 g/mol. The van der Waals surface area contributed by atoms with Gasteiger partial charge in [-0.25, -0.2) is 0 Å². The molecule has 2 heterocycles. The molecule has 0 bridgehead atoms. The third kappa shape index (κ3) is 1.84. The zero-order chi connectivity index (χ0) is 9.10. The number of morpholine rings is 1. The van der Waals surface area contributed by atoms with Crippen LogP contribution >= 0.6 is 0 Å². The Morgan fingerprint density at radius 1 is 1.54 bits per heavy atom. The lowest BCUT2D eigenvalue weighted by atomic mass is 10.2. The molecule has 0 spiro atoms. The number of nitrogens with one attached hydrogen (secondary N) is 1. The second-order valence-electron chi connectivity index (χ2n) is 2.89. The number of carbonyl (C=O) groups excluding carboxylic acids is 1. The molecule has 0 aromatic carbocycles. The molecule has 1 aromatic heterocycles. The molecule has 1 fully saturated rings. The smallest absolute Gasteiger partial charge is 0.246 e. The van der Waals surface area contributed by atoms with E-state index in [1.807, 2.05) is 18.2 Å². The van der Waals surface area contributed by atoms with Crippen molar-refractivity contribution in [1.82, 2.24) is 10.3 Å². The topological polar surface area (TPSA) is 51.2 Å². The molecule has 1 saturated heterocycles. The van der Waals surface area contributed by atoms with Gasteiger partial charge >= 0.3 is 0 Å². The van der Waals surface area contributed by atoms with E-state index in [9.17, 15) is 4.79 Å². The second kappa shape index (κ2) is 3.53. The summed E-state index contributed by atoms with van der Waals surface area (Å²) in [5.74, 6) is -0.0816. The summed E-state index contributed by atoms with van der Waals surface area (Å²) in [4.78, 5) is 15.1. The fourth-order valence-corrected chi connectivity index (χ4v) is 1.29. The van der Waals surface area contributed by atoms with E-state index in [0.717, 1.165) is 5.69 Å². The standard InChI is InChI=1S/C9H10N2O2/c12-9-6-13-5-8(11-9)7-3-1-2-4-10-7/h1-4,8H,5-6H2,(H,11,12)/t8-/m1/s1. The molecule has 0 aliphatic carbocycles. The molecule has 1 aromatic rings. The summed E-state index contributed by atoms with van der Waals surface area (Å²) in [7, 11) is 0. The Bertz CT molecular complexity index is 300. The van der Waals surface area contributed by atoms with Crippen LogP contribution in [0, 0.1) is 0 Å². The quantitative estimate of drug-likeness (QED) is 0.671. The second-order valence-corrected chi connectivity index (χ2v) is 2.89. The molecule has 4 nitrogen and oxygen atoms in total. The van der Waals surface area contributed by atoms with E-state index in [4.69, 9.17) is 4.74 Å². The Balaban J connectivity index is 2.13. The van der Waals surface area contributed by atoms with E-state index < -0.39 is 0 Å². The summed E-state index contributed by atoms with van der Waals surface area (Å²) >= 11 is 0. The molecular formula is C9H10N2O2. The highest BCUT2D eigenvalue weighted by Gasteiger charge is 2.20. The number of carbonyl (C=O) groups is 1. The van der Waals surface area contributed by atoms with Crippen LogP contribution in [0.15, 0.2) is 24.4 Å². The molecule has 0 unspecified atom stereocenters. The van der Waals surface area contributed by atoms with Gasteiger partial charge < -0.3 is 10.1 Å². The summed E-state index contributed by atoms with van der Waals surface area (Å²) in [6, 6.07) is 5.51. The first-order chi connectivity index (χ1) is 6.36. The van der Waals surface area contributed by atoms with E-state index >= 15 is 0 Å². The van der Waals surface area contributed by atoms with Crippen LogP contribution in [0.2, 0.25) is 0 Å². The van der Waals surface area contributed by atoms with Crippen LogP contribution in [0.1, 0.15) is 11.7 Å². The Morgan fingerprint density at radius 2 is 2.46 bits per heavy atom. The number of amides is 1. The van der Waals surface area contributed by atoms with Crippen molar-refractivity contribution in [2.75, 3.05) is 13.2 Å². The number of hydrogen-bond acceptors (Lipinski definition) is 3. The van der Waals surface area contributed by atoms with Gasteiger partial charge in [-0.1, -0.05) is 6.07 Å². The van der Waals surface area contributed by atoms with Crippen LogP contribution in [0.4, 0.5) is 0 Å². The fraction of sp³-hybridized carbons (Fsp3) is 0.333. The number of aromatic nitrogens is 1. The van der Waals surface area contributed by atoms with Gasteiger partial charge in [0.25, 0.3) is 0 Å². The van der Waals surface area contributed by atoms with Gasteiger partial charge in [0.2, 0.25) is 5.91 Å². The lowest BCUT2D eigenvalue weighted by Gasteiger charge is -2.22. The van der Waals surface area contributed by atoms with Crippen molar-refractivity contribution >= 4 is 5.91 Å². The average Bonchev–Trinajstić information content (AvgIpc) is 2.19. The maximum absolute atomic E-state index is 11.0. The van der Waals surface area contributed by atoms with E-state index in [1.165, 1.54) is 0 Å². The maximum atomic E-state index is 11.0. The molecule has 13 heavy (non-hydrogen) atoms. The first kappa shape index (κ1) is 8.19. The largest absolute Gasteiger partial charge is 0.369 e. The van der Waals surface area contributed by atoms with Crippen molar-refractivity contribution < 1.29 is 9.53 Å². The van der Waals surface area contributed by atoms with Crippen molar-refractivity contribution in [3.05, 3.63) is 30.1 Å². The van der Waals surface area contributed by atoms with E-state index in [2.05, 4.69) is 10.3 Å². The highest BCUT2D eigenvalue weighted by atomic mass is 16.5. The van der Waals surface area contributed by atoms with Crippen molar-refractivity contribution in [3.8, 4) is 0 Å². The summed E-state index contributed by atoms with van der Waals surface area (Å²) in [5.41, 5.74) is 0.843. The Labute approximate surface area is 75.9 Å². The van der Waals surface area contributed by atoms with Crippen LogP contribution in [0.5, 0.6) is 0 Å². The SMILES string of the molecule is O=C1COC[C@H](c2ccccn2)N1. The number of rotatable bonds is 1. The van der Waals surface area contributed by atoms with Gasteiger partial charge in [0.15, 0.2) is 0 Å². The maximum Gasteiger partial charge on any atom is 0.246 e. The van der Waals surface area contributed by atoms with Crippen molar-refractivity contribution in [3.63, 3.8) is 0 Å². The van der Waals surface area contributed by atoms with Crippen LogP contribution in [0.25, 0.3) is 0 Å². The molecule has 1 atom stereocenters. The third-order valence-corrected chi connectivity index (χ3v) is 1.90. The van der Waals surface area contributed by atoms with Gasteiger partial charge in [0, 0.05) is 6.20 Å².